The lowest BCUT2D eigenvalue weighted by Gasteiger charge is -2.12. The van der Waals surface area contributed by atoms with Crippen LogP contribution in [0.4, 0.5) is 10.1 Å². The summed E-state index contributed by atoms with van der Waals surface area (Å²) in [4.78, 5) is 10.2. The molecule has 9 heteroatoms. The Morgan fingerprint density at radius 2 is 1.96 bits per heavy atom. The number of rotatable bonds is 5. The molecule has 1 heterocycles. The van der Waals surface area contributed by atoms with Crippen molar-refractivity contribution in [3.05, 3.63) is 68.8 Å². The molecule has 25 heavy (non-hydrogen) atoms. The Labute approximate surface area is 149 Å². The molecule has 0 unspecified atom stereocenters. The molecule has 0 spiro atoms. The SMILES string of the molecule is C[C@@H](Oc1ccc(F)cc1Br)c1nnc(-c2ccc([N+](=O)[O-])cc2)o1. The topological polar surface area (TPSA) is 91.3 Å². The molecule has 0 amide bonds. The lowest BCUT2D eigenvalue weighted by atomic mass is 10.2. The molecule has 128 valence electrons. The highest BCUT2D eigenvalue weighted by molar-refractivity contribution is 9.10. The Hall–Kier alpha value is -2.81. The molecule has 1 aromatic heterocycles. The van der Waals surface area contributed by atoms with E-state index in [-0.39, 0.29) is 23.3 Å². The lowest BCUT2D eigenvalue weighted by Crippen LogP contribution is -2.04. The van der Waals surface area contributed by atoms with Crippen LogP contribution in [0.3, 0.4) is 0 Å². The molecule has 0 aliphatic carbocycles. The van der Waals surface area contributed by atoms with Gasteiger partial charge in [0.25, 0.3) is 11.6 Å². The molecular formula is C16H11BrFN3O4. The van der Waals surface area contributed by atoms with Gasteiger partial charge in [0.05, 0.1) is 9.40 Å². The highest BCUT2D eigenvalue weighted by Gasteiger charge is 2.18. The van der Waals surface area contributed by atoms with Crippen LogP contribution in [0.25, 0.3) is 11.5 Å². The maximum atomic E-state index is 13.1. The van der Waals surface area contributed by atoms with Crippen LogP contribution in [0.15, 0.2) is 51.4 Å². The normalized spacial score (nSPS) is 12.0. The third-order valence-corrected chi connectivity index (χ3v) is 3.93. The van der Waals surface area contributed by atoms with Crippen LogP contribution in [0.1, 0.15) is 18.9 Å². The van der Waals surface area contributed by atoms with Crippen molar-refractivity contribution in [2.24, 2.45) is 0 Å². The van der Waals surface area contributed by atoms with Crippen LogP contribution in [-0.4, -0.2) is 15.1 Å². The number of hydrogen-bond acceptors (Lipinski definition) is 6. The molecule has 0 saturated carbocycles. The van der Waals surface area contributed by atoms with Gasteiger partial charge in [0.1, 0.15) is 11.6 Å². The first kappa shape index (κ1) is 17.0. The maximum Gasteiger partial charge on any atom is 0.269 e. The van der Waals surface area contributed by atoms with Crippen LogP contribution in [0.2, 0.25) is 0 Å². The Balaban J connectivity index is 1.77. The minimum Gasteiger partial charge on any atom is -0.480 e. The monoisotopic (exact) mass is 407 g/mol. The second kappa shape index (κ2) is 6.98. The van der Waals surface area contributed by atoms with E-state index in [1.807, 2.05) is 0 Å². The van der Waals surface area contributed by atoms with E-state index in [1.165, 1.54) is 42.5 Å². The van der Waals surface area contributed by atoms with Gasteiger partial charge in [-0.3, -0.25) is 10.1 Å². The number of hydrogen-bond donors (Lipinski definition) is 0. The van der Waals surface area contributed by atoms with Crippen LogP contribution in [0, 0.1) is 15.9 Å². The van der Waals surface area contributed by atoms with E-state index < -0.39 is 11.0 Å². The number of nitrogens with zero attached hydrogens (tertiary/aromatic N) is 3. The summed E-state index contributed by atoms with van der Waals surface area (Å²) in [7, 11) is 0. The fourth-order valence-corrected chi connectivity index (χ4v) is 2.50. The average molecular weight is 408 g/mol. The molecular weight excluding hydrogens is 397 g/mol. The van der Waals surface area contributed by atoms with E-state index in [9.17, 15) is 14.5 Å². The summed E-state index contributed by atoms with van der Waals surface area (Å²) in [6, 6.07) is 9.82. The summed E-state index contributed by atoms with van der Waals surface area (Å²) in [6.45, 7) is 1.71. The van der Waals surface area contributed by atoms with Gasteiger partial charge in [0, 0.05) is 17.7 Å². The smallest absolute Gasteiger partial charge is 0.269 e. The Kier molecular flexibility index (Phi) is 4.75. The van der Waals surface area contributed by atoms with Gasteiger partial charge in [0.2, 0.25) is 5.89 Å². The molecule has 3 aromatic rings. The fourth-order valence-electron chi connectivity index (χ4n) is 2.05. The second-order valence-corrected chi connectivity index (χ2v) is 5.94. The molecule has 0 N–H and O–H groups in total. The minimum absolute atomic E-state index is 0.0265. The van der Waals surface area contributed by atoms with Crippen molar-refractivity contribution < 1.29 is 18.5 Å². The summed E-state index contributed by atoms with van der Waals surface area (Å²) in [6.07, 6.45) is -0.568. The van der Waals surface area contributed by atoms with Gasteiger partial charge in [-0.05, 0) is 53.2 Å². The Morgan fingerprint density at radius 3 is 2.60 bits per heavy atom. The largest absolute Gasteiger partial charge is 0.480 e. The second-order valence-electron chi connectivity index (χ2n) is 5.08. The highest BCUT2D eigenvalue weighted by atomic mass is 79.9. The van der Waals surface area contributed by atoms with Crippen molar-refractivity contribution in [3.8, 4) is 17.2 Å². The predicted octanol–water partition coefficient (Wildman–Crippen LogP) is 4.69. The zero-order valence-electron chi connectivity index (χ0n) is 12.8. The first-order chi connectivity index (χ1) is 11.9. The Morgan fingerprint density at radius 1 is 1.24 bits per heavy atom. The predicted molar refractivity (Wildman–Crippen MR) is 89.5 cm³/mol. The van der Waals surface area contributed by atoms with Gasteiger partial charge in [-0.25, -0.2) is 4.39 Å². The van der Waals surface area contributed by atoms with Gasteiger partial charge in [-0.15, -0.1) is 10.2 Å². The molecule has 0 aliphatic rings. The van der Waals surface area contributed by atoms with Crippen LogP contribution in [-0.2, 0) is 0 Å². The molecule has 7 nitrogen and oxygen atoms in total. The van der Waals surface area contributed by atoms with Gasteiger partial charge >= 0.3 is 0 Å². The van der Waals surface area contributed by atoms with E-state index in [4.69, 9.17) is 9.15 Å². The summed E-state index contributed by atoms with van der Waals surface area (Å²) < 4.78 is 24.8. The Bertz CT molecular complexity index is 914. The number of nitro benzene ring substituents is 1. The number of non-ortho nitro benzene ring substituents is 1. The van der Waals surface area contributed by atoms with Crippen molar-refractivity contribution >= 4 is 21.6 Å². The number of benzene rings is 2. The average Bonchev–Trinajstić information content (AvgIpc) is 3.07. The first-order valence-electron chi connectivity index (χ1n) is 7.14. The number of ether oxygens (including phenoxy) is 1. The molecule has 0 aliphatic heterocycles. The third-order valence-electron chi connectivity index (χ3n) is 3.31. The summed E-state index contributed by atoms with van der Waals surface area (Å²) in [5, 5.41) is 18.5. The van der Waals surface area contributed by atoms with E-state index >= 15 is 0 Å². The third kappa shape index (κ3) is 3.82. The number of halogens is 2. The number of aromatic nitrogens is 2. The van der Waals surface area contributed by atoms with Crippen molar-refractivity contribution in [1.29, 1.82) is 0 Å². The first-order valence-corrected chi connectivity index (χ1v) is 7.93. The highest BCUT2D eigenvalue weighted by Crippen LogP contribution is 2.30. The minimum atomic E-state index is -0.568. The summed E-state index contributed by atoms with van der Waals surface area (Å²) >= 11 is 3.22. The molecule has 0 bridgehead atoms. The molecule has 3 rings (SSSR count). The zero-order chi connectivity index (χ0) is 18.0. The molecule has 0 saturated heterocycles. The van der Waals surface area contributed by atoms with Gasteiger partial charge in [-0.2, -0.15) is 0 Å². The van der Waals surface area contributed by atoms with Crippen LogP contribution >= 0.6 is 15.9 Å². The van der Waals surface area contributed by atoms with Crippen LogP contribution < -0.4 is 4.74 Å². The van der Waals surface area contributed by atoms with E-state index in [0.29, 0.717) is 15.8 Å². The van der Waals surface area contributed by atoms with Crippen LogP contribution in [0.5, 0.6) is 5.75 Å². The standard InChI is InChI=1S/C16H11BrFN3O4/c1-9(24-14-7-4-11(18)8-13(14)17)15-19-20-16(25-15)10-2-5-12(6-3-10)21(22)23/h2-9H,1H3/t9-/m1/s1. The summed E-state index contributed by atoms with van der Waals surface area (Å²) in [5.41, 5.74) is 0.529. The van der Waals surface area contributed by atoms with Crippen molar-refractivity contribution in [2.45, 2.75) is 13.0 Å². The van der Waals surface area contributed by atoms with E-state index in [2.05, 4.69) is 26.1 Å². The zero-order valence-corrected chi connectivity index (χ0v) is 14.4. The molecule has 0 fully saturated rings. The van der Waals surface area contributed by atoms with Crippen molar-refractivity contribution in [2.75, 3.05) is 0 Å². The molecule has 2 aromatic carbocycles. The van der Waals surface area contributed by atoms with E-state index in [0.717, 1.165) is 0 Å². The van der Waals surface area contributed by atoms with Gasteiger partial charge < -0.3 is 9.15 Å². The number of nitro groups is 1. The molecule has 0 radical (unpaired) electrons. The van der Waals surface area contributed by atoms with E-state index in [1.54, 1.807) is 6.92 Å². The molecule has 1 atom stereocenters. The summed E-state index contributed by atoms with van der Waals surface area (Å²) in [5.74, 6) is 0.497. The van der Waals surface area contributed by atoms with Gasteiger partial charge in [-0.1, -0.05) is 0 Å². The van der Waals surface area contributed by atoms with Crippen molar-refractivity contribution in [1.82, 2.24) is 10.2 Å². The van der Waals surface area contributed by atoms with Gasteiger partial charge in [0.15, 0.2) is 6.10 Å². The maximum absolute atomic E-state index is 13.1. The van der Waals surface area contributed by atoms with Crippen molar-refractivity contribution in [3.63, 3.8) is 0 Å². The lowest BCUT2D eigenvalue weighted by molar-refractivity contribution is -0.384. The fraction of sp³-hybridized carbons (Fsp3) is 0.125. The quantitative estimate of drug-likeness (QED) is 0.450.